The number of carbonyl (C=O) groups excluding carboxylic acids is 1. The number of benzene rings is 1. The van der Waals surface area contributed by atoms with E-state index in [0.717, 1.165) is 49.0 Å². The third-order valence-corrected chi connectivity index (χ3v) is 5.43. The Morgan fingerprint density at radius 1 is 1.28 bits per heavy atom. The van der Waals surface area contributed by atoms with Crippen LogP contribution in [0, 0.1) is 11.7 Å². The van der Waals surface area contributed by atoms with Crippen molar-refractivity contribution < 1.29 is 9.18 Å². The van der Waals surface area contributed by atoms with Crippen LogP contribution in [0.15, 0.2) is 29.6 Å². The van der Waals surface area contributed by atoms with Crippen molar-refractivity contribution in [1.29, 1.82) is 0 Å². The highest BCUT2D eigenvalue weighted by molar-refractivity contribution is 7.13. The minimum Gasteiger partial charge on any atom is -0.340 e. The van der Waals surface area contributed by atoms with Gasteiger partial charge in [0.05, 0.1) is 5.69 Å². The van der Waals surface area contributed by atoms with Crippen LogP contribution >= 0.6 is 11.3 Å². The molecule has 25 heavy (non-hydrogen) atoms. The van der Waals surface area contributed by atoms with E-state index >= 15 is 0 Å². The SMILES string of the molecule is CC(CN)C(=O)N1CCN(Cc2csc(-c3ccc(F)cc3)n2)CC1. The molecule has 0 aliphatic carbocycles. The van der Waals surface area contributed by atoms with Crippen molar-refractivity contribution in [3.05, 3.63) is 41.2 Å². The lowest BCUT2D eigenvalue weighted by Crippen LogP contribution is -2.50. The Labute approximate surface area is 151 Å². The molecule has 1 fully saturated rings. The second-order valence-electron chi connectivity index (χ2n) is 6.39. The number of amides is 1. The van der Waals surface area contributed by atoms with Gasteiger partial charge in [-0.25, -0.2) is 9.37 Å². The van der Waals surface area contributed by atoms with Crippen molar-refractivity contribution in [2.45, 2.75) is 13.5 Å². The zero-order chi connectivity index (χ0) is 17.8. The maximum Gasteiger partial charge on any atom is 0.226 e. The minimum absolute atomic E-state index is 0.108. The molecular formula is C18H23FN4OS. The third kappa shape index (κ3) is 4.42. The molecule has 0 radical (unpaired) electrons. The Balaban J connectivity index is 1.54. The number of piperazine rings is 1. The number of hydrogen-bond donors (Lipinski definition) is 1. The normalized spacial score (nSPS) is 16.8. The van der Waals surface area contributed by atoms with Gasteiger partial charge >= 0.3 is 0 Å². The number of hydrogen-bond acceptors (Lipinski definition) is 5. The first-order valence-electron chi connectivity index (χ1n) is 8.48. The predicted octanol–water partition coefficient (Wildman–Crippen LogP) is 2.19. The molecule has 1 saturated heterocycles. The summed E-state index contributed by atoms with van der Waals surface area (Å²) in [6.45, 7) is 6.19. The third-order valence-electron chi connectivity index (χ3n) is 4.49. The van der Waals surface area contributed by atoms with Crippen LogP contribution in [-0.2, 0) is 11.3 Å². The summed E-state index contributed by atoms with van der Waals surface area (Å²) in [7, 11) is 0. The molecule has 2 aromatic rings. The van der Waals surface area contributed by atoms with Crippen LogP contribution in [-0.4, -0.2) is 53.4 Å². The molecule has 5 nitrogen and oxygen atoms in total. The molecule has 1 amide bonds. The number of nitrogens with two attached hydrogens (primary N) is 1. The van der Waals surface area contributed by atoms with Gasteiger partial charge in [-0.1, -0.05) is 6.92 Å². The number of halogens is 1. The monoisotopic (exact) mass is 362 g/mol. The van der Waals surface area contributed by atoms with Crippen molar-refractivity contribution in [2.24, 2.45) is 11.7 Å². The van der Waals surface area contributed by atoms with Crippen LogP contribution in [0.5, 0.6) is 0 Å². The highest BCUT2D eigenvalue weighted by Gasteiger charge is 2.24. The standard InChI is InChI=1S/C18H23FN4OS/c1-13(10-20)18(24)23-8-6-22(7-9-23)11-16-12-25-17(21-16)14-2-4-15(19)5-3-14/h2-5,12-13H,6-11,20H2,1H3. The summed E-state index contributed by atoms with van der Waals surface area (Å²) in [5.74, 6) is -0.199. The topological polar surface area (TPSA) is 62.5 Å². The van der Waals surface area contributed by atoms with Crippen molar-refractivity contribution in [3.8, 4) is 10.6 Å². The van der Waals surface area contributed by atoms with Crippen molar-refractivity contribution >= 4 is 17.2 Å². The molecule has 1 aromatic carbocycles. The second-order valence-corrected chi connectivity index (χ2v) is 7.25. The number of aromatic nitrogens is 1. The second kappa shape index (κ2) is 8.03. The molecule has 0 spiro atoms. The van der Waals surface area contributed by atoms with E-state index in [2.05, 4.69) is 9.88 Å². The highest BCUT2D eigenvalue weighted by atomic mass is 32.1. The van der Waals surface area contributed by atoms with Gasteiger partial charge in [0, 0.05) is 56.1 Å². The lowest BCUT2D eigenvalue weighted by Gasteiger charge is -2.35. The van der Waals surface area contributed by atoms with Crippen molar-refractivity contribution in [2.75, 3.05) is 32.7 Å². The molecule has 1 unspecified atom stereocenters. The molecule has 134 valence electrons. The molecule has 7 heteroatoms. The van der Waals surface area contributed by atoms with Crippen LogP contribution in [0.4, 0.5) is 4.39 Å². The Bertz CT molecular complexity index is 710. The van der Waals surface area contributed by atoms with Gasteiger partial charge in [0.2, 0.25) is 5.91 Å². The summed E-state index contributed by atoms with van der Waals surface area (Å²) in [6.07, 6.45) is 0. The van der Waals surface area contributed by atoms with E-state index in [0.29, 0.717) is 6.54 Å². The maximum atomic E-state index is 13.0. The van der Waals surface area contributed by atoms with E-state index in [9.17, 15) is 9.18 Å². The van der Waals surface area contributed by atoms with Gasteiger partial charge in [-0.3, -0.25) is 9.69 Å². The number of nitrogens with zero attached hydrogens (tertiary/aromatic N) is 3. The molecule has 1 aliphatic rings. The van der Waals surface area contributed by atoms with E-state index in [4.69, 9.17) is 5.73 Å². The molecule has 2 heterocycles. The largest absolute Gasteiger partial charge is 0.340 e. The van der Waals surface area contributed by atoms with Gasteiger partial charge < -0.3 is 10.6 Å². The fourth-order valence-electron chi connectivity index (χ4n) is 2.87. The summed E-state index contributed by atoms with van der Waals surface area (Å²) in [5, 5.41) is 2.95. The highest BCUT2D eigenvalue weighted by Crippen LogP contribution is 2.24. The van der Waals surface area contributed by atoms with Crippen molar-refractivity contribution in [1.82, 2.24) is 14.8 Å². The Morgan fingerprint density at radius 3 is 2.60 bits per heavy atom. The van der Waals surface area contributed by atoms with E-state index in [-0.39, 0.29) is 17.6 Å². The first-order chi connectivity index (χ1) is 12.1. The van der Waals surface area contributed by atoms with Crippen molar-refractivity contribution in [3.63, 3.8) is 0 Å². The van der Waals surface area contributed by atoms with E-state index in [1.54, 1.807) is 23.5 Å². The summed E-state index contributed by atoms with van der Waals surface area (Å²) in [5.41, 5.74) is 7.53. The molecule has 2 N–H and O–H groups in total. The number of carbonyl (C=O) groups is 1. The summed E-state index contributed by atoms with van der Waals surface area (Å²) in [6, 6.07) is 6.41. The summed E-state index contributed by atoms with van der Waals surface area (Å²) < 4.78 is 13.0. The zero-order valence-electron chi connectivity index (χ0n) is 14.3. The van der Waals surface area contributed by atoms with Gasteiger partial charge in [0.15, 0.2) is 0 Å². The molecular weight excluding hydrogens is 339 g/mol. The molecule has 1 aromatic heterocycles. The first-order valence-corrected chi connectivity index (χ1v) is 9.36. The average Bonchev–Trinajstić information content (AvgIpc) is 3.10. The minimum atomic E-state index is -0.239. The van der Waals surface area contributed by atoms with Crippen LogP contribution in [0.25, 0.3) is 10.6 Å². The van der Waals surface area contributed by atoms with Crippen LogP contribution in [0.2, 0.25) is 0 Å². The maximum absolute atomic E-state index is 13.0. The molecule has 1 aliphatic heterocycles. The summed E-state index contributed by atoms with van der Waals surface area (Å²) >= 11 is 1.57. The lowest BCUT2D eigenvalue weighted by atomic mass is 10.1. The quantitative estimate of drug-likeness (QED) is 0.886. The van der Waals surface area contributed by atoms with Crippen LogP contribution < -0.4 is 5.73 Å². The molecule has 0 bridgehead atoms. The Morgan fingerprint density at radius 2 is 1.96 bits per heavy atom. The van der Waals surface area contributed by atoms with Crippen LogP contribution in [0.3, 0.4) is 0 Å². The average molecular weight is 362 g/mol. The predicted molar refractivity (Wildman–Crippen MR) is 97.6 cm³/mol. The van der Waals surface area contributed by atoms with Gasteiger partial charge in [0.1, 0.15) is 10.8 Å². The molecule has 0 saturated carbocycles. The zero-order valence-corrected chi connectivity index (χ0v) is 15.1. The van der Waals surface area contributed by atoms with Gasteiger partial charge in [-0.2, -0.15) is 0 Å². The fraction of sp³-hybridized carbons (Fsp3) is 0.444. The Hall–Kier alpha value is -1.83. The van der Waals surface area contributed by atoms with E-state index < -0.39 is 0 Å². The summed E-state index contributed by atoms with van der Waals surface area (Å²) in [4.78, 5) is 21.0. The molecule has 3 rings (SSSR count). The van der Waals surface area contributed by atoms with E-state index in [1.807, 2.05) is 17.2 Å². The van der Waals surface area contributed by atoms with Gasteiger partial charge in [0.25, 0.3) is 0 Å². The smallest absolute Gasteiger partial charge is 0.226 e. The van der Waals surface area contributed by atoms with E-state index in [1.165, 1.54) is 12.1 Å². The van der Waals surface area contributed by atoms with Crippen LogP contribution in [0.1, 0.15) is 12.6 Å². The fourth-order valence-corrected chi connectivity index (χ4v) is 3.69. The first kappa shape index (κ1) is 18.0. The van der Waals surface area contributed by atoms with Gasteiger partial charge in [-0.05, 0) is 24.3 Å². The number of thiazole rings is 1. The molecule has 1 atom stereocenters. The Kier molecular flexibility index (Phi) is 5.78. The number of rotatable bonds is 5. The lowest BCUT2D eigenvalue weighted by molar-refractivity contribution is -0.136. The van der Waals surface area contributed by atoms with Gasteiger partial charge in [-0.15, -0.1) is 11.3 Å².